The zero-order chi connectivity index (χ0) is 13.0. The minimum atomic E-state index is -0.279. The van der Waals surface area contributed by atoms with E-state index in [-0.39, 0.29) is 5.97 Å². The number of anilines is 2. The highest BCUT2D eigenvalue weighted by atomic mass is 16.5. The summed E-state index contributed by atoms with van der Waals surface area (Å²) in [7, 11) is 1.41. The molecule has 0 unspecified atom stereocenters. The van der Waals surface area contributed by atoms with Gasteiger partial charge < -0.3 is 15.0 Å². The molecule has 1 aliphatic heterocycles. The molecule has 0 bridgehead atoms. The van der Waals surface area contributed by atoms with Crippen molar-refractivity contribution < 1.29 is 9.53 Å². The molecule has 1 heterocycles. The molecule has 0 saturated carbocycles. The SMILES string of the molecule is CCNc1ccc(C(=O)OC)cc1N1CCCC1. The highest BCUT2D eigenvalue weighted by Gasteiger charge is 2.17. The molecular formula is C14H20N2O2. The minimum Gasteiger partial charge on any atom is -0.465 e. The summed E-state index contributed by atoms with van der Waals surface area (Å²) >= 11 is 0. The first-order chi connectivity index (χ1) is 8.76. The van der Waals surface area contributed by atoms with Crippen LogP contribution >= 0.6 is 0 Å². The van der Waals surface area contributed by atoms with Crippen molar-refractivity contribution in [1.29, 1.82) is 0 Å². The van der Waals surface area contributed by atoms with E-state index < -0.39 is 0 Å². The Labute approximate surface area is 108 Å². The van der Waals surface area contributed by atoms with Gasteiger partial charge in [-0.2, -0.15) is 0 Å². The Kier molecular flexibility index (Phi) is 4.07. The van der Waals surface area contributed by atoms with Crippen LogP contribution in [0.3, 0.4) is 0 Å². The summed E-state index contributed by atoms with van der Waals surface area (Å²) in [5.41, 5.74) is 2.81. The quantitative estimate of drug-likeness (QED) is 0.831. The first-order valence-corrected chi connectivity index (χ1v) is 6.47. The predicted molar refractivity (Wildman–Crippen MR) is 73.4 cm³/mol. The van der Waals surface area contributed by atoms with Gasteiger partial charge in [-0.3, -0.25) is 0 Å². The summed E-state index contributed by atoms with van der Waals surface area (Å²) in [6, 6.07) is 5.70. The molecule has 4 heteroatoms. The zero-order valence-electron chi connectivity index (χ0n) is 11.0. The van der Waals surface area contributed by atoms with Crippen LogP contribution in [0.15, 0.2) is 18.2 Å². The molecule has 1 aromatic carbocycles. The van der Waals surface area contributed by atoms with E-state index in [1.807, 2.05) is 18.2 Å². The van der Waals surface area contributed by atoms with Crippen molar-refractivity contribution in [2.75, 3.05) is 37.0 Å². The van der Waals surface area contributed by atoms with Gasteiger partial charge in [-0.1, -0.05) is 0 Å². The second-order valence-corrected chi connectivity index (χ2v) is 4.45. The predicted octanol–water partition coefficient (Wildman–Crippen LogP) is 2.51. The number of ether oxygens (including phenoxy) is 1. The third-order valence-corrected chi connectivity index (χ3v) is 3.23. The molecule has 1 saturated heterocycles. The number of carbonyl (C=O) groups is 1. The molecule has 0 amide bonds. The number of carbonyl (C=O) groups excluding carboxylic acids is 1. The fraction of sp³-hybridized carbons (Fsp3) is 0.500. The molecule has 1 aromatic rings. The van der Waals surface area contributed by atoms with E-state index in [9.17, 15) is 4.79 Å². The fourth-order valence-corrected chi connectivity index (χ4v) is 2.34. The lowest BCUT2D eigenvalue weighted by Gasteiger charge is -2.22. The van der Waals surface area contributed by atoms with Gasteiger partial charge in [0, 0.05) is 19.6 Å². The molecule has 0 atom stereocenters. The number of esters is 1. The van der Waals surface area contributed by atoms with E-state index in [1.165, 1.54) is 20.0 Å². The van der Waals surface area contributed by atoms with E-state index in [0.29, 0.717) is 5.56 Å². The van der Waals surface area contributed by atoms with Crippen LogP contribution in [0.4, 0.5) is 11.4 Å². The molecular weight excluding hydrogens is 228 g/mol. The average Bonchev–Trinajstić information content (AvgIpc) is 2.92. The third kappa shape index (κ3) is 2.58. The van der Waals surface area contributed by atoms with Crippen LogP contribution in [0.1, 0.15) is 30.1 Å². The molecule has 1 fully saturated rings. The highest BCUT2D eigenvalue weighted by molar-refractivity contribution is 5.92. The van der Waals surface area contributed by atoms with Gasteiger partial charge >= 0.3 is 5.97 Å². The number of hydrogen-bond donors (Lipinski definition) is 1. The molecule has 0 aromatic heterocycles. The minimum absolute atomic E-state index is 0.279. The van der Waals surface area contributed by atoms with Gasteiger partial charge in [-0.15, -0.1) is 0 Å². The maximum atomic E-state index is 11.6. The summed E-state index contributed by atoms with van der Waals surface area (Å²) < 4.78 is 4.78. The number of benzene rings is 1. The summed E-state index contributed by atoms with van der Waals surface area (Å²) in [4.78, 5) is 13.9. The first kappa shape index (κ1) is 12.7. The van der Waals surface area contributed by atoms with Gasteiger partial charge in [-0.25, -0.2) is 4.79 Å². The lowest BCUT2D eigenvalue weighted by atomic mass is 10.1. The Morgan fingerprint density at radius 1 is 1.39 bits per heavy atom. The average molecular weight is 248 g/mol. The van der Waals surface area contributed by atoms with E-state index in [1.54, 1.807) is 0 Å². The first-order valence-electron chi connectivity index (χ1n) is 6.47. The third-order valence-electron chi connectivity index (χ3n) is 3.23. The Morgan fingerprint density at radius 3 is 2.72 bits per heavy atom. The molecule has 1 aliphatic rings. The smallest absolute Gasteiger partial charge is 0.337 e. The second kappa shape index (κ2) is 5.76. The Bertz CT molecular complexity index is 426. The lowest BCUT2D eigenvalue weighted by Crippen LogP contribution is -2.20. The van der Waals surface area contributed by atoms with Crippen molar-refractivity contribution in [2.24, 2.45) is 0 Å². The molecule has 0 radical (unpaired) electrons. The number of hydrogen-bond acceptors (Lipinski definition) is 4. The van der Waals surface area contributed by atoms with E-state index in [2.05, 4.69) is 17.1 Å². The topological polar surface area (TPSA) is 41.6 Å². The van der Waals surface area contributed by atoms with Crippen LogP contribution < -0.4 is 10.2 Å². The number of nitrogens with one attached hydrogen (secondary N) is 1. The Balaban J connectivity index is 2.33. The van der Waals surface area contributed by atoms with Gasteiger partial charge in [0.1, 0.15) is 0 Å². The molecule has 4 nitrogen and oxygen atoms in total. The number of nitrogens with zero attached hydrogens (tertiary/aromatic N) is 1. The maximum absolute atomic E-state index is 11.6. The van der Waals surface area contributed by atoms with E-state index >= 15 is 0 Å². The fourth-order valence-electron chi connectivity index (χ4n) is 2.34. The molecule has 98 valence electrons. The zero-order valence-corrected chi connectivity index (χ0v) is 11.0. The molecule has 0 spiro atoms. The second-order valence-electron chi connectivity index (χ2n) is 4.45. The van der Waals surface area contributed by atoms with Gasteiger partial charge in [0.15, 0.2) is 0 Å². The summed E-state index contributed by atoms with van der Waals surface area (Å²) in [6.07, 6.45) is 2.43. The normalized spacial score (nSPS) is 14.7. The summed E-state index contributed by atoms with van der Waals surface area (Å²) in [5.74, 6) is -0.279. The van der Waals surface area contributed by atoms with Crippen LogP contribution in [0.2, 0.25) is 0 Å². The van der Waals surface area contributed by atoms with Crippen molar-refractivity contribution in [3.8, 4) is 0 Å². The van der Waals surface area contributed by atoms with Crippen molar-refractivity contribution in [3.63, 3.8) is 0 Å². The van der Waals surface area contributed by atoms with Crippen molar-refractivity contribution in [1.82, 2.24) is 0 Å². The molecule has 18 heavy (non-hydrogen) atoms. The lowest BCUT2D eigenvalue weighted by molar-refractivity contribution is 0.0601. The standard InChI is InChI=1S/C14H20N2O2/c1-3-15-12-7-6-11(14(17)18-2)10-13(12)16-8-4-5-9-16/h6-7,10,15H,3-5,8-9H2,1-2H3. The van der Waals surface area contributed by atoms with E-state index in [4.69, 9.17) is 4.74 Å². The van der Waals surface area contributed by atoms with Crippen molar-refractivity contribution in [3.05, 3.63) is 23.8 Å². The van der Waals surface area contributed by atoms with Crippen LogP contribution in [0.5, 0.6) is 0 Å². The van der Waals surface area contributed by atoms with Crippen LogP contribution in [0.25, 0.3) is 0 Å². The van der Waals surface area contributed by atoms with Crippen molar-refractivity contribution in [2.45, 2.75) is 19.8 Å². The highest BCUT2D eigenvalue weighted by Crippen LogP contribution is 2.30. The number of methoxy groups -OCH3 is 1. The van der Waals surface area contributed by atoms with Crippen molar-refractivity contribution >= 4 is 17.3 Å². The largest absolute Gasteiger partial charge is 0.465 e. The van der Waals surface area contributed by atoms with Gasteiger partial charge in [-0.05, 0) is 38.0 Å². The number of rotatable bonds is 4. The van der Waals surface area contributed by atoms with Crippen LogP contribution in [-0.2, 0) is 4.74 Å². The van der Waals surface area contributed by atoms with Gasteiger partial charge in [0.25, 0.3) is 0 Å². The monoisotopic (exact) mass is 248 g/mol. The van der Waals surface area contributed by atoms with Crippen LogP contribution in [0, 0.1) is 0 Å². The maximum Gasteiger partial charge on any atom is 0.337 e. The summed E-state index contributed by atoms with van der Waals surface area (Å²) in [5, 5.41) is 3.34. The van der Waals surface area contributed by atoms with Gasteiger partial charge in [0.05, 0.1) is 24.0 Å². The van der Waals surface area contributed by atoms with Crippen LogP contribution in [-0.4, -0.2) is 32.7 Å². The molecule has 2 rings (SSSR count). The summed E-state index contributed by atoms with van der Waals surface area (Å²) in [6.45, 7) is 5.06. The van der Waals surface area contributed by atoms with E-state index in [0.717, 1.165) is 31.0 Å². The van der Waals surface area contributed by atoms with Gasteiger partial charge in [0.2, 0.25) is 0 Å². The molecule has 0 aliphatic carbocycles. The Hall–Kier alpha value is -1.71. The molecule has 1 N–H and O–H groups in total. The Morgan fingerprint density at radius 2 is 2.11 bits per heavy atom.